The summed E-state index contributed by atoms with van der Waals surface area (Å²) in [6, 6.07) is 7.29. The molecule has 152 valence electrons. The number of aromatic nitrogens is 1. The monoisotopic (exact) mass is 388 g/mol. The summed E-state index contributed by atoms with van der Waals surface area (Å²) < 4.78 is 10.9. The summed E-state index contributed by atoms with van der Waals surface area (Å²) in [5.41, 5.74) is 1.86. The quantitative estimate of drug-likeness (QED) is 0.645. The summed E-state index contributed by atoms with van der Waals surface area (Å²) in [4.78, 5) is 23.5. The van der Waals surface area contributed by atoms with Crippen LogP contribution in [0.1, 0.15) is 55.7 Å². The molecule has 2 aromatic rings. The molecule has 1 aromatic heterocycles. The van der Waals surface area contributed by atoms with Gasteiger partial charge in [-0.1, -0.05) is 31.1 Å². The first-order chi connectivity index (χ1) is 13.3. The molecule has 0 saturated heterocycles. The minimum atomic E-state index is -0.913. The van der Waals surface area contributed by atoms with Gasteiger partial charge in [0.1, 0.15) is 18.1 Å². The summed E-state index contributed by atoms with van der Waals surface area (Å²) in [5, 5.41) is 15.9. The number of benzene rings is 1. The van der Waals surface area contributed by atoms with Gasteiger partial charge in [0.15, 0.2) is 0 Å². The Kier molecular flexibility index (Phi) is 7.20. The van der Waals surface area contributed by atoms with Crippen LogP contribution in [0.5, 0.6) is 5.75 Å². The lowest BCUT2D eigenvalue weighted by Crippen LogP contribution is -2.49. The van der Waals surface area contributed by atoms with Crippen LogP contribution in [-0.4, -0.2) is 27.7 Å². The van der Waals surface area contributed by atoms with Crippen molar-refractivity contribution in [1.82, 2.24) is 10.5 Å². The number of ether oxygens (including phenoxy) is 1. The maximum absolute atomic E-state index is 12.4. The van der Waals surface area contributed by atoms with E-state index < -0.39 is 11.5 Å². The SMILES string of the molecule is CCC(CC)(CC(=O)O)NC(=O)Cc1ccc(OCc2c(C)noc2C)cc1. The van der Waals surface area contributed by atoms with E-state index >= 15 is 0 Å². The van der Waals surface area contributed by atoms with Gasteiger partial charge in [-0.15, -0.1) is 0 Å². The molecule has 1 aromatic carbocycles. The maximum Gasteiger partial charge on any atom is 0.305 e. The van der Waals surface area contributed by atoms with Crippen molar-refractivity contribution in [2.75, 3.05) is 0 Å². The van der Waals surface area contributed by atoms with Crippen molar-refractivity contribution in [3.8, 4) is 5.75 Å². The summed E-state index contributed by atoms with van der Waals surface area (Å²) >= 11 is 0. The van der Waals surface area contributed by atoms with Crippen LogP contribution < -0.4 is 10.1 Å². The van der Waals surface area contributed by atoms with Crippen molar-refractivity contribution >= 4 is 11.9 Å². The van der Waals surface area contributed by atoms with Crippen molar-refractivity contribution in [2.24, 2.45) is 0 Å². The van der Waals surface area contributed by atoms with Gasteiger partial charge in [-0.3, -0.25) is 9.59 Å². The third-order valence-corrected chi connectivity index (χ3v) is 5.10. The Morgan fingerprint density at radius 1 is 1.18 bits per heavy atom. The number of hydrogen-bond acceptors (Lipinski definition) is 5. The minimum Gasteiger partial charge on any atom is -0.489 e. The number of carboxylic acid groups (broad SMARTS) is 1. The lowest BCUT2D eigenvalue weighted by Gasteiger charge is -2.31. The smallest absolute Gasteiger partial charge is 0.305 e. The van der Waals surface area contributed by atoms with Gasteiger partial charge in [0.05, 0.1) is 24.1 Å². The zero-order valence-corrected chi connectivity index (χ0v) is 16.9. The predicted octanol–water partition coefficient (Wildman–Crippen LogP) is 3.56. The molecule has 1 heterocycles. The highest BCUT2D eigenvalue weighted by atomic mass is 16.5. The van der Waals surface area contributed by atoms with E-state index in [4.69, 9.17) is 14.4 Å². The molecule has 1 amide bonds. The molecule has 0 aliphatic rings. The zero-order chi connectivity index (χ0) is 20.7. The van der Waals surface area contributed by atoms with Gasteiger partial charge < -0.3 is 19.7 Å². The van der Waals surface area contributed by atoms with E-state index in [0.717, 1.165) is 22.6 Å². The first-order valence-electron chi connectivity index (χ1n) is 9.45. The van der Waals surface area contributed by atoms with Gasteiger partial charge in [0, 0.05) is 5.54 Å². The number of rotatable bonds is 10. The van der Waals surface area contributed by atoms with Gasteiger partial charge in [-0.25, -0.2) is 0 Å². The third-order valence-electron chi connectivity index (χ3n) is 5.10. The van der Waals surface area contributed by atoms with Crippen LogP contribution >= 0.6 is 0 Å². The second-order valence-corrected chi connectivity index (χ2v) is 7.02. The van der Waals surface area contributed by atoms with Gasteiger partial charge in [0.25, 0.3) is 0 Å². The molecule has 28 heavy (non-hydrogen) atoms. The Morgan fingerprint density at radius 3 is 2.32 bits per heavy atom. The topological polar surface area (TPSA) is 102 Å². The fraction of sp³-hybridized carbons (Fsp3) is 0.476. The molecule has 2 N–H and O–H groups in total. The van der Waals surface area contributed by atoms with Crippen molar-refractivity contribution in [1.29, 1.82) is 0 Å². The Hall–Kier alpha value is -2.83. The second-order valence-electron chi connectivity index (χ2n) is 7.02. The van der Waals surface area contributed by atoms with Crippen molar-refractivity contribution in [3.05, 3.63) is 46.8 Å². The van der Waals surface area contributed by atoms with E-state index in [2.05, 4.69) is 10.5 Å². The lowest BCUT2D eigenvalue weighted by molar-refractivity contribution is -0.139. The maximum atomic E-state index is 12.4. The molecule has 0 radical (unpaired) electrons. The number of carbonyl (C=O) groups is 2. The van der Waals surface area contributed by atoms with E-state index in [1.165, 1.54) is 0 Å². The van der Waals surface area contributed by atoms with Gasteiger partial charge >= 0.3 is 5.97 Å². The highest BCUT2D eigenvalue weighted by molar-refractivity contribution is 5.80. The van der Waals surface area contributed by atoms with Crippen LogP contribution in [0.15, 0.2) is 28.8 Å². The molecule has 0 saturated carbocycles. The van der Waals surface area contributed by atoms with Gasteiger partial charge in [-0.2, -0.15) is 0 Å². The number of nitrogens with one attached hydrogen (secondary N) is 1. The summed E-state index contributed by atoms with van der Waals surface area (Å²) in [5.74, 6) is 0.326. The first kappa shape index (κ1) is 21.5. The number of amides is 1. The third kappa shape index (κ3) is 5.58. The molecule has 0 unspecified atom stereocenters. The number of carboxylic acids is 1. The molecule has 0 atom stereocenters. The second kappa shape index (κ2) is 9.39. The molecule has 2 rings (SSSR count). The fourth-order valence-corrected chi connectivity index (χ4v) is 3.10. The van der Waals surface area contributed by atoms with Crippen LogP contribution in [0.3, 0.4) is 0 Å². The lowest BCUT2D eigenvalue weighted by atomic mass is 9.88. The molecule has 7 heteroatoms. The Balaban J connectivity index is 1.94. The van der Waals surface area contributed by atoms with Crippen LogP contribution in [0.25, 0.3) is 0 Å². The average molecular weight is 388 g/mol. The summed E-state index contributed by atoms with van der Waals surface area (Å²) in [6.45, 7) is 7.85. The molecule has 0 aliphatic heterocycles. The first-order valence-corrected chi connectivity index (χ1v) is 9.45. The van der Waals surface area contributed by atoms with Crippen LogP contribution in [0, 0.1) is 13.8 Å². The van der Waals surface area contributed by atoms with Crippen molar-refractivity contribution in [3.63, 3.8) is 0 Å². The van der Waals surface area contributed by atoms with Gasteiger partial charge in [0.2, 0.25) is 5.91 Å². The average Bonchev–Trinajstić information content (AvgIpc) is 2.98. The number of aryl methyl sites for hydroxylation is 2. The predicted molar refractivity (Wildman–Crippen MR) is 104 cm³/mol. The molecule has 0 aliphatic carbocycles. The van der Waals surface area contributed by atoms with E-state index in [1.54, 1.807) is 0 Å². The zero-order valence-electron chi connectivity index (χ0n) is 16.9. The number of nitrogens with zero attached hydrogens (tertiary/aromatic N) is 1. The van der Waals surface area contributed by atoms with Crippen molar-refractivity contribution < 1.29 is 24.0 Å². The van der Waals surface area contributed by atoms with E-state index in [9.17, 15) is 9.59 Å². The Morgan fingerprint density at radius 2 is 1.82 bits per heavy atom. The molecule has 0 spiro atoms. The highest BCUT2D eigenvalue weighted by Crippen LogP contribution is 2.21. The standard InChI is InChI=1S/C21H28N2O5/c1-5-21(6-2,12-20(25)26)22-19(24)11-16-7-9-17(10-8-16)27-13-18-14(3)23-28-15(18)4/h7-10H,5-6,11-13H2,1-4H3,(H,22,24)(H,25,26). The highest BCUT2D eigenvalue weighted by Gasteiger charge is 2.30. The van der Waals surface area contributed by atoms with Crippen LogP contribution in [-0.2, 0) is 22.6 Å². The van der Waals surface area contributed by atoms with Crippen LogP contribution in [0.4, 0.5) is 0 Å². The Bertz CT molecular complexity index is 787. The molecular weight excluding hydrogens is 360 g/mol. The number of aliphatic carboxylic acids is 1. The van der Waals surface area contributed by atoms with Crippen molar-refractivity contribution in [2.45, 2.75) is 65.5 Å². The van der Waals surface area contributed by atoms with E-state index in [1.807, 2.05) is 52.0 Å². The normalized spacial score (nSPS) is 11.3. The summed E-state index contributed by atoms with van der Waals surface area (Å²) in [7, 11) is 0. The Labute approximate surface area is 165 Å². The number of hydrogen-bond donors (Lipinski definition) is 2. The molecule has 0 bridgehead atoms. The fourth-order valence-electron chi connectivity index (χ4n) is 3.10. The minimum absolute atomic E-state index is 0.0831. The van der Waals surface area contributed by atoms with Gasteiger partial charge in [-0.05, 0) is 44.4 Å². The van der Waals surface area contributed by atoms with E-state index in [-0.39, 0.29) is 18.7 Å². The molecule has 7 nitrogen and oxygen atoms in total. The van der Waals surface area contributed by atoms with Crippen LogP contribution in [0.2, 0.25) is 0 Å². The van der Waals surface area contributed by atoms with E-state index in [0.29, 0.717) is 25.2 Å². The largest absolute Gasteiger partial charge is 0.489 e. The molecule has 0 fully saturated rings. The number of carbonyl (C=O) groups excluding carboxylic acids is 1. The molecular formula is C21H28N2O5. The summed E-state index contributed by atoms with van der Waals surface area (Å²) in [6.07, 6.45) is 1.23.